The van der Waals surface area contributed by atoms with Crippen LogP contribution in [0.15, 0.2) is 40.6 Å². The fourth-order valence-electron chi connectivity index (χ4n) is 2.89. The van der Waals surface area contributed by atoms with Crippen molar-refractivity contribution in [3.05, 3.63) is 30.6 Å². The minimum atomic E-state index is -3.62. The van der Waals surface area contributed by atoms with Gasteiger partial charge in [-0.1, -0.05) is 17.8 Å². The molecule has 2 heterocycles. The third kappa shape index (κ3) is 6.01. The Kier molecular flexibility index (Phi) is 8.22. The molecule has 0 saturated carbocycles. The van der Waals surface area contributed by atoms with Crippen LogP contribution in [0.2, 0.25) is 0 Å². The third-order valence-electron chi connectivity index (χ3n) is 4.39. The number of sulfonamides is 1. The number of nitrogens with one attached hydrogen (secondary N) is 1. The number of hydrogen-bond acceptors (Lipinski definition) is 8. The first kappa shape index (κ1) is 22.7. The first-order valence-corrected chi connectivity index (χ1v) is 11.9. The summed E-state index contributed by atoms with van der Waals surface area (Å²) >= 11 is 1.27. The maximum atomic E-state index is 12.8. The lowest BCUT2D eigenvalue weighted by molar-refractivity contribution is -0.113. The zero-order valence-electron chi connectivity index (χ0n) is 16.7. The van der Waals surface area contributed by atoms with Crippen molar-refractivity contribution in [2.75, 3.05) is 51.1 Å². The standard InChI is InChI=1S/C18H25N5O5S2/c1-27-9-3-6-22-14-19-21-18(22)29-13-17(24)20-15-4-2-5-16(12-15)30(25,26)23-7-10-28-11-8-23/h2,4-5,12,14H,3,6-11,13H2,1H3,(H,20,24). The average Bonchev–Trinajstić information content (AvgIpc) is 3.21. The van der Waals surface area contributed by atoms with E-state index in [-0.39, 0.29) is 16.6 Å². The number of anilines is 1. The summed E-state index contributed by atoms with van der Waals surface area (Å²) < 4.78 is 39.1. The molecule has 12 heteroatoms. The van der Waals surface area contributed by atoms with Crippen LogP contribution in [0.5, 0.6) is 0 Å². The van der Waals surface area contributed by atoms with Crippen LogP contribution in [-0.2, 0) is 30.8 Å². The van der Waals surface area contributed by atoms with Crippen LogP contribution in [0.4, 0.5) is 5.69 Å². The molecule has 30 heavy (non-hydrogen) atoms. The van der Waals surface area contributed by atoms with E-state index in [1.165, 1.54) is 28.2 Å². The Balaban J connectivity index is 1.57. The van der Waals surface area contributed by atoms with E-state index in [2.05, 4.69) is 15.5 Å². The van der Waals surface area contributed by atoms with Crippen molar-refractivity contribution in [3.8, 4) is 0 Å². The quantitative estimate of drug-likeness (QED) is 0.418. The highest BCUT2D eigenvalue weighted by Crippen LogP contribution is 2.21. The van der Waals surface area contributed by atoms with Gasteiger partial charge in [0.2, 0.25) is 15.9 Å². The lowest BCUT2D eigenvalue weighted by atomic mass is 10.3. The van der Waals surface area contributed by atoms with Gasteiger partial charge in [0.25, 0.3) is 0 Å². The largest absolute Gasteiger partial charge is 0.385 e. The van der Waals surface area contributed by atoms with E-state index < -0.39 is 10.0 Å². The number of ether oxygens (including phenoxy) is 2. The zero-order valence-corrected chi connectivity index (χ0v) is 18.3. The van der Waals surface area contributed by atoms with Crippen LogP contribution < -0.4 is 5.32 Å². The molecule has 0 atom stereocenters. The van der Waals surface area contributed by atoms with Crippen LogP contribution in [0, 0.1) is 0 Å². The number of aromatic nitrogens is 3. The molecule has 10 nitrogen and oxygen atoms in total. The van der Waals surface area contributed by atoms with Gasteiger partial charge < -0.3 is 19.4 Å². The normalized spacial score (nSPS) is 15.2. The SMILES string of the molecule is COCCCn1cnnc1SCC(=O)Nc1cccc(S(=O)(=O)N2CCOCC2)c1. The molecule has 1 aliphatic rings. The Morgan fingerprint density at radius 1 is 1.33 bits per heavy atom. The lowest BCUT2D eigenvalue weighted by Crippen LogP contribution is -2.40. The summed E-state index contributed by atoms with van der Waals surface area (Å²) in [6.07, 6.45) is 2.44. The molecule has 1 N–H and O–H groups in total. The van der Waals surface area contributed by atoms with E-state index in [9.17, 15) is 13.2 Å². The van der Waals surface area contributed by atoms with Crippen LogP contribution >= 0.6 is 11.8 Å². The Bertz CT molecular complexity index is 944. The van der Waals surface area contributed by atoms with Gasteiger partial charge in [-0.05, 0) is 24.6 Å². The zero-order chi connectivity index (χ0) is 21.4. The van der Waals surface area contributed by atoms with Crippen LogP contribution in [0.25, 0.3) is 0 Å². The molecule has 0 unspecified atom stereocenters. The molecule has 1 aliphatic heterocycles. The van der Waals surface area contributed by atoms with Crippen molar-refractivity contribution in [1.29, 1.82) is 0 Å². The summed E-state index contributed by atoms with van der Waals surface area (Å²) in [6, 6.07) is 6.27. The average molecular weight is 456 g/mol. The van der Waals surface area contributed by atoms with Crippen LogP contribution in [-0.4, -0.2) is 79.2 Å². The van der Waals surface area contributed by atoms with Gasteiger partial charge in [-0.2, -0.15) is 4.31 Å². The van der Waals surface area contributed by atoms with Gasteiger partial charge in [0.1, 0.15) is 6.33 Å². The maximum Gasteiger partial charge on any atom is 0.243 e. The second-order valence-corrected chi connectivity index (χ2v) is 9.41. The molecule has 0 aliphatic carbocycles. The fourth-order valence-corrected chi connectivity index (χ4v) is 5.08. The Hall–Kier alpha value is -1.99. The maximum absolute atomic E-state index is 12.8. The summed E-state index contributed by atoms with van der Waals surface area (Å²) in [6.45, 7) is 2.73. The second kappa shape index (κ2) is 10.9. The molecule has 0 radical (unpaired) electrons. The van der Waals surface area contributed by atoms with Gasteiger partial charge in [0, 0.05) is 39.0 Å². The van der Waals surface area contributed by atoms with Crippen molar-refractivity contribution in [2.24, 2.45) is 0 Å². The summed E-state index contributed by atoms with van der Waals surface area (Å²) in [7, 11) is -1.97. The van der Waals surface area contributed by atoms with Gasteiger partial charge in [0.15, 0.2) is 5.16 Å². The molecule has 2 aromatic rings. The molecule has 1 amide bonds. The number of methoxy groups -OCH3 is 1. The van der Waals surface area contributed by atoms with E-state index >= 15 is 0 Å². The minimum absolute atomic E-state index is 0.128. The van der Waals surface area contributed by atoms with Crippen molar-refractivity contribution in [1.82, 2.24) is 19.1 Å². The summed E-state index contributed by atoms with van der Waals surface area (Å²) in [5.74, 6) is -0.129. The van der Waals surface area contributed by atoms with E-state index in [0.717, 1.165) is 6.42 Å². The number of morpholine rings is 1. The molecule has 0 bridgehead atoms. The number of rotatable bonds is 10. The van der Waals surface area contributed by atoms with Crippen LogP contribution in [0.3, 0.4) is 0 Å². The first-order valence-electron chi connectivity index (χ1n) is 9.48. The van der Waals surface area contributed by atoms with E-state index in [4.69, 9.17) is 9.47 Å². The highest BCUT2D eigenvalue weighted by Gasteiger charge is 2.26. The Morgan fingerprint density at radius 2 is 2.13 bits per heavy atom. The van der Waals surface area contributed by atoms with E-state index in [1.807, 2.05) is 4.57 Å². The first-order chi connectivity index (χ1) is 14.5. The highest BCUT2D eigenvalue weighted by atomic mass is 32.2. The molecule has 1 aromatic heterocycles. The number of hydrogen-bond donors (Lipinski definition) is 1. The molecule has 3 rings (SSSR count). The predicted octanol–water partition coefficient (Wildman–Crippen LogP) is 1.07. The number of carbonyl (C=O) groups is 1. The summed E-state index contributed by atoms with van der Waals surface area (Å²) in [5, 5.41) is 11.3. The van der Waals surface area contributed by atoms with Gasteiger partial charge in [-0.3, -0.25) is 4.79 Å². The number of thioether (sulfide) groups is 1. The molecule has 1 aromatic carbocycles. The number of amides is 1. The monoisotopic (exact) mass is 455 g/mol. The van der Waals surface area contributed by atoms with Gasteiger partial charge in [-0.25, -0.2) is 8.42 Å². The number of carbonyl (C=O) groups excluding carboxylic acids is 1. The molecule has 1 saturated heterocycles. The predicted molar refractivity (Wildman–Crippen MR) is 112 cm³/mol. The highest BCUT2D eigenvalue weighted by molar-refractivity contribution is 7.99. The van der Waals surface area contributed by atoms with Gasteiger partial charge in [0.05, 0.1) is 23.9 Å². The number of aryl methyl sites for hydroxylation is 1. The third-order valence-corrected chi connectivity index (χ3v) is 7.26. The minimum Gasteiger partial charge on any atom is -0.385 e. The molecule has 164 valence electrons. The number of nitrogens with zero attached hydrogens (tertiary/aromatic N) is 4. The summed E-state index contributed by atoms with van der Waals surface area (Å²) in [4.78, 5) is 12.5. The van der Waals surface area contributed by atoms with Crippen molar-refractivity contribution in [2.45, 2.75) is 23.0 Å². The topological polar surface area (TPSA) is 116 Å². The van der Waals surface area contributed by atoms with Crippen LogP contribution in [0.1, 0.15) is 6.42 Å². The lowest BCUT2D eigenvalue weighted by Gasteiger charge is -2.26. The van der Waals surface area contributed by atoms with Crippen molar-refractivity contribution in [3.63, 3.8) is 0 Å². The summed E-state index contributed by atoms with van der Waals surface area (Å²) in [5.41, 5.74) is 0.427. The van der Waals surface area contributed by atoms with E-state index in [0.29, 0.717) is 50.3 Å². The van der Waals surface area contributed by atoms with Gasteiger partial charge in [-0.15, -0.1) is 10.2 Å². The number of benzene rings is 1. The fraction of sp³-hybridized carbons (Fsp3) is 0.500. The molecular formula is C18H25N5O5S2. The Morgan fingerprint density at radius 3 is 2.90 bits per heavy atom. The molecule has 1 fully saturated rings. The van der Waals surface area contributed by atoms with Crippen molar-refractivity contribution >= 4 is 33.4 Å². The van der Waals surface area contributed by atoms with Gasteiger partial charge >= 0.3 is 0 Å². The van der Waals surface area contributed by atoms with Crippen molar-refractivity contribution < 1.29 is 22.7 Å². The smallest absolute Gasteiger partial charge is 0.243 e. The van der Waals surface area contributed by atoms with E-state index in [1.54, 1.807) is 25.6 Å². The molecule has 0 spiro atoms. The Labute approximate surface area is 180 Å². The molecular weight excluding hydrogens is 430 g/mol. The second-order valence-electron chi connectivity index (χ2n) is 6.53.